The van der Waals surface area contributed by atoms with Crippen molar-refractivity contribution in [3.05, 3.63) is 59.7 Å². The Morgan fingerprint density at radius 1 is 1.03 bits per heavy atom. The Balaban J connectivity index is 1.17. The molecule has 5 rings (SSSR count). The summed E-state index contributed by atoms with van der Waals surface area (Å²) in [5.74, 6) is -0.0159. The molecule has 2 fully saturated rings. The Kier molecular flexibility index (Phi) is 5.91. The zero-order chi connectivity index (χ0) is 24.6. The number of ether oxygens (including phenoxy) is 1. The minimum atomic E-state index is -4.75. The number of hydrogen-bond acceptors (Lipinski definition) is 5. The number of likely N-dealkylation sites (tertiary alicyclic amines) is 2. The maximum absolute atomic E-state index is 13.0. The van der Waals surface area contributed by atoms with Crippen molar-refractivity contribution in [1.82, 2.24) is 25.2 Å². The third kappa shape index (κ3) is 5.13. The third-order valence-corrected chi connectivity index (χ3v) is 6.50. The van der Waals surface area contributed by atoms with Crippen LogP contribution in [0.4, 0.5) is 13.2 Å². The van der Waals surface area contributed by atoms with Gasteiger partial charge in [-0.15, -0.1) is 18.3 Å². The summed E-state index contributed by atoms with van der Waals surface area (Å²) in [4.78, 5) is 29.4. The first-order chi connectivity index (χ1) is 16.7. The van der Waals surface area contributed by atoms with E-state index in [1.165, 1.54) is 30.3 Å². The van der Waals surface area contributed by atoms with E-state index in [0.29, 0.717) is 48.7 Å². The van der Waals surface area contributed by atoms with Gasteiger partial charge in [0.15, 0.2) is 0 Å². The average molecular weight is 485 g/mol. The van der Waals surface area contributed by atoms with E-state index < -0.39 is 6.36 Å². The van der Waals surface area contributed by atoms with Crippen LogP contribution in [0.25, 0.3) is 17.1 Å². The van der Waals surface area contributed by atoms with Crippen LogP contribution in [0.1, 0.15) is 22.3 Å². The lowest BCUT2D eigenvalue weighted by atomic mass is 9.88. The molecule has 0 bridgehead atoms. The van der Waals surface area contributed by atoms with Crippen molar-refractivity contribution >= 4 is 28.9 Å². The number of fused-ring (bicyclic) bond motifs is 2. The van der Waals surface area contributed by atoms with Gasteiger partial charge < -0.3 is 14.5 Å². The standard InChI is InChI=1S/C24H22F3N5O3/c25-24(26,27)35-19-5-1-15(2-6-19)3-8-22(33)32-12-17-9-10-31(13-18(17)14-32)23(34)16-4-7-20-21(11-16)29-30-28-20/h1-8,11,17-18H,9-10,12-14H2,(H,28,29,30)/t17-,18-/m0/s1. The Labute approximate surface area is 198 Å². The summed E-state index contributed by atoms with van der Waals surface area (Å²) in [5.41, 5.74) is 2.55. The number of piperidine rings is 1. The number of carbonyl (C=O) groups excluding carboxylic acids is 2. The maximum atomic E-state index is 13.0. The van der Waals surface area contributed by atoms with Crippen LogP contribution >= 0.6 is 0 Å². The number of halogens is 3. The number of rotatable bonds is 4. The molecule has 0 saturated carbocycles. The molecule has 2 saturated heterocycles. The number of alkyl halides is 3. The molecule has 0 spiro atoms. The molecule has 3 heterocycles. The van der Waals surface area contributed by atoms with E-state index in [-0.39, 0.29) is 23.5 Å². The van der Waals surface area contributed by atoms with Gasteiger partial charge in [-0.3, -0.25) is 14.7 Å². The van der Waals surface area contributed by atoms with Crippen molar-refractivity contribution < 1.29 is 27.5 Å². The molecule has 0 aliphatic carbocycles. The summed E-state index contributed by atoms with van der Waals surface area (Å²) in [5, 5.41) is 10.5. The molecule has 35 heavy (non-hydrogen) atoms. The molecule has 2 aliphatic heterocycles. The summed E-state index contributed by atoms with van der Waals surface area (Å²) >= 11 is 0. The van der Waals surface area contributed by atoms with E-state index >= 15 is 0 Å². The average Bonchev–Trinajstić information content (AvgIpc) is 3.48. The SMILES string of the molecule is O=C(C=Cc1ccc(OC(F)(F)F)cc1)N1C[C@@H]2CN(C(=O)c3ccc4[nH]nnc4c3)CC[C@H]2C1. The van der Waals surface area contributed by atoms with Gasteiger partial charge in [0.1, 0.15) is 11.3 Å². The van der Waals surface area contributed by atoms with Crippen LogP contribution in [-0.2, 0) is 4.79 Å². The highest BCUT2D eigenvalue weighted by Gasteiger charge is 2.39. The smallest absolute Gasteiger partial charge is 0.406 e. The highest BCUT2D eigenvalue weighted by atomic mass is 19.4. The second kappa shape index (κ2) is 9.05. The predicted molar refractivity (Wildman–Crippen MR) is 120 cm³/mol. The minimum Gasteiger partial charge on any atom is -0.406 e. The monoisotopic (exact) mass is 485 g/mol. The van der Waals surface area contributed by atoms with Gasteiger partial charge in [0.2, 0.25) is 5.91 Å². The molecule has 182 valence electrons. The molecular weight excluding hydrogens is 463 g/mol. The summed E-state index contributed by atoms with van der Waals surface area (Å²) < 4.78 is 40.7. The lowest BCUT2D eigenvalue weighted by Gasteiger charge is -2.34. The quantitative estimate of drug-likeness (QED) is 0.572. The van der Waals surface area contributed by atoms with Crippen LogP contribution in [0, 0.1) is 11.8 Å². The van der Waals surface area contributed by atoms with Gasteiger partial charge in [-0.25, -0.2) is 0 Å². The molecule has 11 heteroatoms. The Morgan fingerprint density at radius 2 is 1.77 bits per heavy atom. The molecule has 2 aliphatic rings. The largest absolute Gasteiger partial charge is 0.573 e. The number of aromatic amines is 1. The van der Waals surface area contributed by atoms with Gasteiger partial charge in [-0.2, -0.15) is 0 Å². The number of carbonyl (C=O) groups is 2. The molecule has 2 amide bonds. The van der Waals surface area contributed by atoms with Gasteiger partial charge in [-0.05, 0) is 60.2 Å². The molecule has 3 aromatic rings. The predicted octanol–water partition coefficient (Wildman–Crippen LogP) is 3.49. The fourth-order valence-electron chi connectivity index (χ4n) is 4.74. The lowest BCUT2D eigenvalue weighted by molar-refractivity contribution is -0.274. The van der Waals surface area contributed by atoms with Gasteiger partial charge in [-0.1, -0.05) is 17.3 Å². The molecule has 2 aromatic carbocycles. The number of hydrogen-bond donors (Lipinski definition) is 1. The maximum Gasteiger partial charge on any atom is 0.573 e. The summed E-state index contributed by atoms with van der Waals surface area (Å²) in [7, 11) is 0. The second-order valence-electron chi connectivity index (χ2n) is 8.80. The number of benzene rings is 2. The van der Waals surface area contributed by atoms with Crippen LogP contribution in [0.3, 0.4) is 0 Å². The molecule has 0 radical (unpaired) electrons. The van der Waals surface area contributed by atoms with Crippen molar-refractivity contribution in [2.45, 2.75) is 12.8 Å². The van der Waals surface area contributed by atoms with Crippen LogP contribution in [0.15, 0.2) is 48.5 Å². The molecule has 1 N–H and O–H groups in total. The van der Waals surface area contributed by atoms with Crippen LogP contribution in [-0.4, -0.2) is 69.6 Å². The van der Waals surface area contributed by atoms with Crippen LogP contribution in [0.2, 0.25) is 0 Å². The molecule has 0 unspecified atom stereocenters. The third-order valence-electron chi connectivity index (χ3n) is 6.50. The fourth-order valence-corrected chi connectivity index (χ4v) is 4.74. The van der Waals surface area contributed by atoms with Crippen molar-refractivity contribution in [2.75, 3.05) is 26.2 Å². The highest BCUT2D eigenvalue weighted by molar-refractivity contribution is 5.97. The molecule has 2 atom stereocenters. The van der Waals surface area contributed by atoms with E-state index in [0.717, 1.165) is 11.9 Å². The first kappa shape index (κ1) is 22.9. The topological polar surface area (TPSA) is 91.4 Å². The zero-order valence-electron chi connectivity index (χ0n) is 18.5. The Morgan fingerprint density at radius 3 is 2.54 bits per heavy atom. The van der Waals surface area contributed by atoms with Gasteiger partial charge >= 0.3 is 6.36 Å². The summed E-state index contributed by atoms with van der Waals surface area (Å²) in [6.45, 7) is 2.38. The zero-order valence-corrected chi connectivity index (χ0v) is 18.5. The summed E-state index contributed by atoms with van der Waals surface area (Å²) in [6.07, 6.45) is -0.938. The van der Waals surface area contributed by atoms with Crippen molar-refractivity contribution in [2.24, 2.45) is 11.8 Å². The van der Waals surface area contributed by atoms with Crippen molar-refractivity contribution in [1.29, 1.82) is 0 Å². The number of nitrogens with one attached hydrogen (secondary N) is 1. The fraction of sp³-hybridized carbons (Fsp3) is 0.333. The lowest BCUT2D eigenvalue weighted by Crippen LogP contribution is -2.43. The number of amides is 2. The van der Waals surface area contributed by atoms with Crippen molar-refractivity contribution in [3.63, 3.8) is 0 Å². The Bertz CT molecular complexity index is 1270. The first-order valence-corrected chi connectivity index (χ1v) is 11.2. The van der Waals surface area contributed by atoms with Crippen LogP contribution < -0.4 is 4.74 Å². The number of nitrogens with zero attached hydrogens (tertiary/aromatic N) is 4. The molecule has 8 nitrogen and oxygen atoms in total. The first-order valence-electron chi connectivity index (χ1n) is 11.2. The van der Waals surface area contributed by atoms with Gasteiger partial charge in [0.05, 0.1) is 5.52 Å². The number of H-pyrrole nitrogens is 1. The van der Waals surface area contributed by atoms with E-state index in [9.17, 15) is 22.8 Å². The van der Waals surface area contributed by atoms with Crippen molar-refractivity contribution in [3.8, 4) is 5.75 Å². The van der Waals surface area contributed by atoms with E-state index in [1.807, 2.05) is 4.90 Å². The summed E-state index contributed by atoms with van der Waals surface area (Å²) in [6, 6.07) is 10.6. The Hall–Kier alpha value is -3.89. The highest BCUT2D eigenvalue weighted by Crippen LogP contribution is 2.32. The minimum absolute atomic E-state index is 0.0593. The van der Waals surface area contributed by atoms with E-state index in [1.54, 1.807) is 29.2 Å². The van der Waals surface area contributed by atoms with Gasteiger partial charge in [0.25, 0.3) is 5.91 Å². The second-order valence-corrected chi connectivity index (χ2v) is 8.80. The molecule has 1 aromatic heterocycles. The number of aromatic nitrogens is 3. The van der Waals surface area contributed by atoms with Gasteiger partial charge in [0, 0.05) is 37.8 Å². The normalized spacial score (nSPS) is 20.4. The molecular formula is C24H22F3N5O3. The van der Waals surface area contributed by atoms with E-state index in [4.69, 9.17) is 0 Å². The van der Waals surface area contributed by atoms with E-state index in [2.05, 4.69) is 20.1 Å². The van der Waals surface area contributed by atoms with Crippen LogP contribution in [0.5, 0.6) is 5.75 Å².